The summed E-state index contributed by atoms with van der Waals surface area (Å²) in [6.45, 7) is 10.3. The van der Waals surface area contributed by atoms with Gasteiger partial charge in [0.25, 0.3) is 0 Å². The molecule has 0 spiro atoms. The van der Waals surface area contributed by atoms with Crippen LogP contribution in [0.25, 0.3) is 0 Å². The maximum atomic E-state index is 10.6. The quantitative estimate of drug-likeness (QED) is 0.582. The number of ether oxygens (including phenoxy) is 1. The highest BCUT2D eigenvalue weighted by Crippen LogP contribution is 1.92. The fraction of sp³-hybridized carbons (Fsp3) is 0.500. The Hall–Kier alpha value is -1.62. The molecule has 98 valence electrons. The van der Waals surface area contributed by atoms with Crippen LogP contribution in [0.15, 0.2) is 24.8 Å². The highest BCUT2D eigenvalue weighted by atomic mass is 16.5. The van der Waals surface area contributed by atoms with Crippen LogP contribution in [0.5, 0.6) is 0 Å². The van der Waals surface area contributed by atoms with Crippen LogP contribution in [0, 0.1) is 0 Å². The summed E-state index contributed by atoms with van der Waals surface area (Å²) in [5.41, 5.74) is 0.176. The van der Waals surface area contributed by atoms with Crippen LogP contribution in [-0.2, 0) is 14.3 Å². The molecule has 0 aliphatic rings. The molecule has 0 amide bonds. The molecule has 0 fully saturated rings. The van der Waals surface area contributed by atoms with Crippen LogP contribution < -0.4 is 0 Å². The topological polar surface area (TPSA) is 66.8 Å². The number of hydrogen-bond donors (Lipinski definition) is 1. The number of likely N-dealkylation sites (N-methyl/N-ethyl adjacent to an activating group) is 1. The maximum absolute atomic E-state index is 10.6. The van der Waals surface area contributed by atoms with Gasteiger partial charge in [-0.2, -0.15) is 0 Å². The number of carboxylic acid groups (broad SMARTS) is 1. The minimum atomic E-state index is -0.935. The van der Waals surface area contributed by atoms with Crippen molar-refractivity contribution < 1.29 is 19.4 Å². The number of carboxylic acids is 1. The first kappa shape index (κ1) is 17.8. The summed E-state index contributed by atoms with van der Waals surface area (Å²) in [5.74, 6) is -1.30. The van der Waals surface area contributed by atoms with E-state index in [4.69, 9.17) is 9.84 Å². The minimum Gasteiger partial charge on any atom is -0.478 e. The van der Waals surface area contributed by atoms with Gasteiger partial charge in [-0.05, 0) is 27.9 Å². The van der Waals surface area contributed by atoms with E-state index in [0.717, 1.165) is 0 Å². The zero-order chi connectivity index (χ0) is 14.0. The Morgan fingerprint density at radius 3 is 2.12 bits per heavy atom. The monoisotopic (exact) mass is 243 g/mol. The van der Waals surface area contributed by atoms with Crippen molar-refractivity contribution in [2.24, 2.45) is 0 Å². The third-order valence-electron chi connectivity index (χ3n) is 1.88. The molecule has 1 unspecified atom stereocenters. The molecule has 0 aliphatic heterocycles. The van der Waals surface area contributed by atoms with Crippen LogP contribution in [-0.4, -0.2) is 48.7 Å². The van der Waals surface area contributed by atoms with Gasteiger partial charge in [0.2, 0.25) is 0 Å². The Morgan fingerprint density at radius 2 is 1.88 bits per heavy atom. The molecule has 0 rings (SSSR count). The average Bonchev–Trinajstić information content (AvgIpc) is 2.25. The summed E-state index contributed by atoms with van der Waals surface area (Å²) in [4.78, 5) is 22.2. The molecule has 1 atom stereocenters. The molecule has 0 saturated carbocycles. The zero-order valence-corrected chi connectivity index (χ0v) is 10.9. The summed E-state index contributed by atoms with van der Waals surface area (Å²) >= 11 is 0. The third-order valence-corrected chi connectivity index (χ3v) is 1.88. The van der Waals surface area contributed by atoms with E-state index in [1.54, 1.807) is 0 Å². The van der Waals surface area contributed by atoms with Crippen molar-refractivity contribution in [2.75, 3.05) is 20.7 Å². The number of esters is 1. The van der Waals surface area contributed by atoms with Crippen molar-refractivity contribution in [1.82, 2.24) is 4.90 Å². The SMILES string of the molecule is C=C(C)C(=O)O.C=CC(=O)OCC(C)N(C)C. The van der Waals surface area contributed by atoms with Crippen molar-refractivity contribution in [3.05, 3.63) is 24.8 Å². The molecular weight excluding hydrogens is 222 g/mol. The van der Waals surface area contributed by atoms with E-state index in [0.29, 0.717) is 6.61 Å². The molecule has 0 aliphatic carbocycles. The Bertz CT molecular complexity index is 272. The molecule has 0 aromatic rings. The molecule has 5 heteroatoms. The number of nitrogens with zero attached hydrogens (tertiary/aromatic N) is 1. The van der Waals surface area contributed by atoms with Crippen LogP contribution in [0.1, 0.15) is 13.8 Å². The Balaban J connectivity index is 0. The normalized spacial score (nSPS) is 10.9. The molecule has 5 nitrogen and oxygen atoms in total. The van der Waals surface area contributed by atoms with Gasteiger partial charge in [0.05, 0.1) is 0 Å². The van der Waals surface area contributed by atoms with Crippen molar-refractivity contribution in [1.29, 1.82) is 0 Å². The van der Waals surface area contributed by atoms with E-state index in [9.17, 15) is 9.59 Å². The highest BCUT2D eigenvalue weighted by molar-refractivity contribution is 5.84. The van der Waals surface area contributed by atoms with Gasteiger partial charge in [-0.1, -0.05) is 13.2 Å². The van der Waals surface area contributed by atoms with Crippen molar-refractivity contribution >= 4 is 11.9 Å². The fourth-order valence-electron chi connectivity index (χ4n) is 0.411. The lowest BCUT2D eigenvalue weighted by Crippen LogP contribution is -2.30. The largest absolute Gasteiger partial charge is 0.478 e. The van der Waals surface area contributed by atoms with E-state index < -0.39 is 5.97 Å². The first-order valence-electron chi connectivity index (χ1n) is 5.06. The molecule has 0 bridgehead atoms. The van der Waals surface area contributed by atoms with Gasteiger partial charge >= 0.3 is 11.9 Å². The van der Waals surface area contributed by atoms with E-state index in [1.165, 1.54) is 13.0 Å². The van der Waals surface area contributed by atoms with Gasteiger partial charge in [-0.25, -0.2) is 9.59 Å². The smallest absolute Gasteiger partial charge is 0.330 e. The van der Waals surface area contributed by atoms with Gasteiger partial charge < -0.3 is 14.7 Å². The lowest BCUT2D eigenvalue weighted by molar-refractivity contribution is -0.139. The molecule has 1 N–H and O–H groups in total. The number of rotatable bonds is 5. The Kier molecular flexibility index (Phi) is 10.0. The molecule has 0 aromatic carbocycles. The number of carbonyl (C=O) groups excluding carboxylic acids is 1. The van der Waals surface area contributed by atoms with E-state index in [-0.39, 0.29) is 17.6 Å². The van der Waals surface area contributed by atoms with Gasteiger partial charge in [0.1, 0.15) is 6.61 Å². The van der Waals surface area contributed by atoms with Crippen LogP contribution in [0.4, 0.5) is 0 Å². The lowest BCUT2D eigenvalue weighted by Gasteiger charge is -2.18. The van der Waals surface area contributed by atoms with Crippen LogP contribution in [0.2, 0.25) is 0 Å². The second kappa shape index (κ2) is 9.59. The summed E-state index contributed by atoms with van der Waals surface area (Å²) in [5, 5.41) is 7.89. The standard InChI is InChI=1S/C8H15NO2.C4H6O2/c1-5-8(10)11-6-7(2)9(3)4;1-3(2)4(5)6/h5,7H,1,6H2,2-4H3;1H2,2H3,(H,5,6). The van der Waals surface area contributed by atoms with Gasteiger partial charge in [-0.3, -0.25) is 0 Å². The van der Waals surface area contributed by atoms with Gasteiger partial charge in [-0.15, -0.1) is 0 Å². The summed E-state index contributed by atoms with van der Waals surface area (Å²) in [6.07, 6.45) is 1.17. The number of carbonyl (C=O) groups is 2. The van der Waals surface area contributed by atoms with E-state index in [2.05, 4.69) is 13.2 Å². The van der Waals surface area contributed by atoms with Crippen molar-refractivity contribution in [3.8, 4) is 0 Å². The summed E-state index contributed by atoms with van der Waals surface area (Å²) in [7, 11) is 3.87. The fourth-order valence-corrected chi connectivity index (χ4v) is 0.411. The molecule has 0 radical (unpaired) electrons. The molecule has 0 heterocycles. The van der Waals surface area contributed by atoms with Crippen LogP contribution in [0.3, 0.4) is 0 Å². The molecule has 17 heavy (non-hydrogen) atoms. The second-order valence-corrected chi connectivity index (χ2v) is 3.73. The molecular formula is C12H21NO4. The maximum Gasteiger partial charge on any atom is 0.330 e. The number of aliphatic carboxylic acids is 1. The first-order valence-corrected chi connectivity index (χ1v) is 5.06. The predicted octanol–water partition coefficient (Wildman–Crippen LogP) is 1.31. The van der Waals surface area contributed by atoms with Crippen molar-refractivity contribution in [2.45, 2.75) is 19.9 Å². The molecule has 0 aromatic heterocycles. The summed E-state index contributed by atoms with van der Waals surface area (Å²) in [6, 6.07) is 0.249. The molecule has 0 saturated heterocycles. The van der Waals surface area contributed by atoms with Gasteiger partial charge in [0.15, 0.2) is 0 Å². The third kappa shape index (κ3) is 12.3. The minimum absolute atomic E-state index is 0.176. The predicted molar refractivity (Wildman–Crippen MR) is 66.8 cm³/mol. The lowest BCUT2D eigenvalue weighted by atomic mass is 10.3. The van der Waals surface area contributed by atoms with Crippen LogP contribution >= 0.6 is 0 Å². The second-order valence-electron chi connectivity index (χ2n) is 3.73. The number of hydrogen-bond acceptors (Lipinski definition) is 4. The average molecular weight is 243 g/mol. The summed E-state index contributed by atoms with van der Waals surface area (Å²) < 4.78 is 4.82. The van der Waals surface area contributed by atoms with E-state index >= 15 is 0 Å². The van der Waals surface area contributed by atoms with Crippen molar-refractivity contribution in [3.63, 3.8) is 0 Å². The Morgan fingerprint density at radius 1 is 1.47 bits per heavy atom. The highest BCUT2D eigenvalue weighted by Gasteiger charge is 2.05. The van der Waals surface area contributed by atoms with E-state index in [1.807, 2.05) is 25.9 Å². The Labute approximate surface area is 102 Å². The zero-order valence-electron chi connectivity index (χ0n) is 10.9. The first-order chi connectivity index (χ1) is 7.72. The van der Waals surface area contributed by atoms with Gasteiger partial charge in [0, 0.05) is 17.7 Å².